The lowest BCUT2D eigenvalue weighted by atomic mass is 10.2. The Morgan fingerprint density at radius 1 is 0.963 bits per heavy atom. The fraction of sp³-hybridized carbons (Fsp3) is 0.444. The number of aryl methyl sites for hydroxylation is 1. The first-order valence-corrected chi connectivity index (χ1v) is 10.3. The number of aromatic nitrogens is 2. The molecule has 0 unspecified atom stereocenters. The summed E-state index contributed by atoms with van der Waals surface area (Å²) in [7, 11) is -1.24. The summed E-state index contributed by atoms with van der Waals surface area (Å²) in [6.07, 6.45) is 1.80. The van der Waals surface area contributed by atoms with Crippen molar-refractivity contribution < 1.29 is 8.42 Å². The summed E-state index contributed by atoms with van der Waals surface area (Å²) in [4.78, 5) is 26.0. The number of nitrogens with zero attached hydrogens (tertiary/aromatic N) is 4. The van der Waals surface area contributed by atoms with E-state index in [9.17, 15) is 18.0 Å². The lowest BCUT2D eigenvalue weighted by Gasteiger charge is -2.22. The van der Waals surface area contributed by atoms with Gasteiger partial charge in [0.25, 0.3) is 5.56 Å². The van der Waals surface area contributed by atoms with Gasteiger partial charge in [-0.15, -0.1) is 0 Å². The molecule has 0 amide bonds. The Hall–Kier alpha value is -2.23. The minimum atomic E-state index is -3.96. The van der Waals surface area contributed by atoms with Crippen molar-refractivity contribution in [2.24, 2.45) is 14.1 Å². The van der Waals surface area contributed by atoms with Crippen molar-refractivity contribution in [1.29, 1.82) is 0 Å². The van der Waals surface area contributed by atoms with Crippen LogP contribution in [0.4, 0.5) is 0 Å². The molecule has 2 aromatic rings. The second kappa shape index (κ2) is 7.79. The van der Waals surface area contributed by atoms with Crippen LogP contribution in [0.5, 0.6) is 0 Å². The zero-order valence-electron chi connectivity index (χ0n) is 15.5. The molecule has 0 atom stereocenters. The summed E-state index contributed by atoms with van der Waals surface area (Å²) in [6.45, 7) is 2.78. The number of benzene rings is 1. The molecule has 0 bridgehead atoms. The van der Waals surface area contributed by atoms with Gasteiger partial charge in [0.2, 0.25) is 10.0 Å². The quantitative estimate of drug-likeness (QED) is 0.730. The molecule has 1 saturated heterocycles. The van der Waals surface area contributed by atoms with Gasteiger partial charge >= 0.3 is 5.69 Å². The standard InChI is InChI=1S/C18H24N4O4S/c1-19-14-16(17(23)20(2)18(19)24)27(25,26)22-10-6-9-21(11-12-22)13-15-7-4-3-5-8-15/h3-5,7-8,14H,6,9-13H2,1-2H3. The second-order valence-corrected chi connectivity index (χ2v) is 8.68. The van der Waals surface area contributed by atoms with E-state index in [1.54, 1.807) is 0 Å². The zero-order valence-corrected chi connectivity index (χ0v) is 16.4. The number of rotatable bonds is 4. The molecule has 1 aromatic heterocycles. The summed E-state index contributed by atoms with van der Waals surface area (Å²) in [5, 5.41) is 0. The maximum atomic E-state index is 13.0. The van der Waals surface area contributed by atoms with Crippen molar-refractivity contribution in [3.8, 4) is 0 Å². The molecule has 0 N–H and O–H groups in total. The van der Waals surface area contributed by atoms with Crippen LogP contribution < -0.4 is 11.2 Å². The molecule has 1 fully saturated rings. The van der Waals surface area contributed by atoms with Gasteiger partial charge in [-0.2, -0.15) is 4.31 Å². The molecule has 1 aliphatic rings. The average Bonchev–Trinajstić information content (AvgIpc) is 2.90. The highest BCUT2D eigenvalue weighted by Crippen LogP contribution is 2.15. The van der Waals surface area contributed by atoms with Gasteiger partial charge in [-0.05, 0) is 18.5 Å². The first-order chi connectivity index (χ1) is 12.8. The first-order valence-electron chi connectivity index (χ1n) is 8.84. The Kier molecular flexibility index (Phi) is 5.64. The molecule has 0 saturated carbocycles. The normalized spacial score (nSPS) is 17.0. The van der Waals surface area contributed by atoms with Crippen LogP contribution in [-0.2, 0) is 30.7 Å². The van der Waals surface area contributed by atoms with E-state index in [0.717, 1.165) is 28.4 Å². The monoisotopic (exact) mass is 392 g/mol. The smallest absolute Gasteiger partial charge is 0.302 e. The fourth-order valence-electron chi connectivity index (χ4n) is 3.28. The maximum Gasteiger partial charge on any atom is 0.330 e. The molecule has 1 aliphatic heterocycles. The predicted octanol–water partition coefficient (Wildman–Crippen LogP) is -0.0194. The van der Waals surface area contributed by atoms with E-state index in [1.165, 1.54) is 24.0 Å². The predicted molar refractivity (Wildman–Crippen MR) is 102 cm³/mol. The van der Waals surface area contributed by atoms with Gasteiger partial charge in [0.1, 0.15) is 0 Å². The summed E-state index contributed by atoms with van der Waals surface area (Å²) >= 11 is 0. The van der Waals surface area contributed by atoms with Gasteiger partial charge in [0.05, 0.1) is 0 Å². The van der Waals surface area contributed by atoms with E-state index in [-0.39, 0.29) is 4.90 Å². The molecule has 0 spiro atoms. The summed E-state index contributed by atoms with van der Waals surface area (Å²) < 4.78 is 29.3. The highest BCUT2D eigenvalue weighted by atomic mass is 32.2. The molecule has 2 heterocycles. The molecule has 0 aliphatic carbocycles. The first kappa shape index (κ1) is 19.5. The molecular weight excluding hydrogens is 368 g/mol. The Labute approximate surface area is 158 Å². The molecular formula is C18H24N4O4S. The van der Waals surface area contributed by atoms with E-state index in [0.29, 0.717) is 26.1 Å². The minimum Gasteiger partial charge on any atom is -0.302 e. The molecule has 0 radical (unpaired) electrons. The van der Waals surface area contributed by atoms with Gasteiger partial charge in [-0.25, -0.2) is 13.2 Å². The molecule has 9 heteroatoms. The van der Waals surface area contributed by atoms with Crippen LogP contribution in [0.25, 0.3) is 0 Å². The third-order valence-corrected chi connectivity index (χ3v) is 6.71. The third-order valence-electron chi connectivity index (χ3n) is 4.83. The van der Waals surface area contributed by atoms with Crippen molar-refractivity contribution in [3.05, 3.63) is 62.9 Å². The topological polar surface area (TPSA) is 84.6 Å². The summed E-state index contributed by atoms with van der Waals surface area (Å²) in [5.41, 5.74) is -0.159. The molecule has 146 valence electrons. The molecule has 27 heavy (non-hydrogen) atoms. The van der Waals surface area contributed by atoms with Crippen molar-refractivity contribution in [2.75, 3.05) is 26.2 Å². The summed E-state index contributed by atoms with van der Waals surface area (Å²) in [5.74, 6) is 0. The minimum absolute atomic E-state index is 0.307. The third kappa shape index (κ3) is 4.05. The Morgan fingerprint density at radius 3 is 2.37 bits per heavy atom. The van der Waals surface area contributed by atoms with Crippen LogP contribution in [-0.4, -0.2) is 52.9 Å². The number of sulfonamides is 1. The maximum absolute atomic E-state index is 13.0. The van der Waals surface area contributed by atoms with Crippen molar-refractivity contribution >= 4 is 10.0 Å². The van der Waals surface area contributed by atoms with Crippen molar-refractivity contribution in [3.63, 3.8) is 0 Å². The lowest BCUT2D eigenvalue weighted by Crippen LogP contribution is -2.43. The van der Waals surface area contributed by atoms with Gasteiger partial charge in [-0.3, -0.25) is 14.3 Å². The highest BCUT2D eigenvalue weighted by Gasteiger charge is 2.30. The molecule has 8 nitrogen and oxygen atoms in total. The van der Waals surface area contributed by atoms with Crippen molar-refractivity contribution in [1.82, 2.24) is 18.3 Å². The lowest BCUT2D eigenvalue weighted by molar-refractivity contribution is 0.278. The van der Waals surface area contributed by atoms with Gasteiger partial charge in [0, 0.05) is 46.5 Å². The van der Waals surface area contributed by atoms with Gasteiger partial charge < -0.3 is 4.57 Å². The van der Waals surface area contributed by atoms with Crippen LogP contribution in [0.1, 0.15) is 12.0 Å². The van der Waals surface area contributed by atoms with Gasteiger partial charge in [0.15, 0.2) is 4.90 Å². The Balaban J connectivity index is 1.81. The average molecular weight is 392 g/mol. The zero-order chi connectivity index (χ0) is 19.6. The van der Waals surface area contributed by atoms with Crippen LogP contribution in [0.3, 0.4) is 0 Å². The number of hydrogen-bond acceptors (Lipinski definition) is 5. The van der Waals surface area contributed by atoms with Crippen LogP contribution >= 0.6 is 0 Å². The number of hydrogen-bond donors (Lipinski definition) is 0. The van der Waals surface area contributed by atoms with Crippen LogP contribution in [0, 0.1) is 0 Å². The molecule has 3 rings (SSSR count). The van der Waals surface area contributed by atoms with E-state index in [2.05, 4.69) is 4.90 Å². The SMILES string of the molecule is Cn1cc(S(=O)(=O)N2CCCN(Cc3ccccc3)CC2)c(=O)n(C)c1=O. The van der Waals surface area contributed by atoms with Crippen LogP contribution in [0.2, 0.25) is 0 Å². The second-order valence-electron chi connectivity index (χ2n) is 6.77. The Bertz CT molecular complexity index is 1030. The Morgan fingerprint density at radius 2 is 1.67 bits per heavy atom. The van der Waals surface area contributed by atoms with E-state index in [4.69, 9.17) is 0 Å². The highest BCUT2D eigenvalue weighted by molar-refractivity contribution is 7.89. The largest absolute Gasteiger partial charge is 0.330 e. The van der Waals surface area contributed by atoms with Crippen molar-refractivity contribution in [2.45, 2.75) is 17.9 Å². The van der Waals surface area contributed by atoms with E-state index >= 15 is 0 Å². The van der Waals surface area contributed by atoms with E-state index in [1.807, 2.05) is 30.3 Å². The molecule has 1 aromatic carbocycles. The summed E-state index contributed by atoms with van der Waals surface area (Å²) in [6, 6.07) is 10.0. The van der Waals surface area contributed by atoms with Crippen LogP contribution in [0.15, 0.2) is 51.0 Å². The fourth-order valence-corrected chi connectivity index (χ4v) is 4.90. The van der Waals surface area contributed by atoms with Gasteiger partial charge in [-0.1, -0.05) is 30.3 Å². The van der Waals surface area contributed by atoms with E-state index < -0.39 is 21.3 Å².